The van der Waals surface area contributed by atoms with E-state index in [2.05, 4.69) is 25.5 Å². The lowest BCUT2D eigenvalue weighted by atomic mass is 10.2. The second-order valence-electron chi connectivity index (χ2n) is 2.60. The smallest absolute Gasteiger partial charge is 0.304 e. The summed E-state index contributed by atoms with van der Waals surface area (Å²) in [5.74, 6) is -0.688. The molecular formula is C6H10INO2S. The van der Waals surface area contributed by atoms with E-state index < -0.39 is 5.97 Å². The van der Waals surface area contributed by atoms with Crippen LogP contribution >= 0.6 is 30.3 Å². The van der Waals surface area contributed by atoms with E-state index in [1.807, 2.05) is 0 Å². The molecule has 0 radical (unpaired) electrons. The van der Waals surface area contributed by atoms with Gasteiger partial charge in [-0.05, 0) is 22.0 Å². The molecule has 1 heterocycles. The van der Waals surface area contributed by atoms with E-state index in [4.69, 9.17) is 5.11 Å². The number of aliphatic carboxylic acids is 1. The third kappa shape index (κ3) is 2.79. The highest BCUT2D eigenvalue weighted by atomic mass is 127. The highest BCUT2D eigenvalue weighted by molar-refractivity contribution is 14.2. The number of carboxylic acids is 1. The van der Waals surface area contributed by atoms with E-state index >= 15 is 0 Å². The van der Waals surface area contributed by atoms with Gasteiger partial charge in [0.15, 0.2) is 0 Å². The van der Waals surface area contributed by atoms with Crippen molar-refractivity contribution in [2.24, 2.45) is 0 Å². The van der Waals surface area contributed by atoms with Gasteiger partial charge in [-0.3, -0.25) is 4.79 Å². The van der Waals surface area contributed by atoms with Crippen LogP contribution < -0.4 is 0 Å². The van der Waals surface area contributed by atoms with E-state index in [0.29, 0.717) is 0 Å². The van der Waals surface area contributed by atoms with Crippen LogP contribution in [0.2, 0.25) is 0 Å². The zero-order chi connectivity index (χ0) is 8.27. The molecule has 1 unspecified atom stereocenters. The van der Waals surface area contributed by atoms with Crippen molar-refractivity contribution in [2.45, 2.75) is 25.3 Å². The maximum Gasteiger partial charge on any atom is 0.304 e. The molecular weight excluding hydrogens is 277 g/mol. The van der Waals surface area contributed by atoms with Crippen molar-refractivity contribution in [3.05, 3.63) is 0 Å². The van der Waals surface area contributed by atoms with Gasteiger partial charge in [0.25, 0.3) is 0 Å². The van der Waals surface area contributed by atoms with Gasteiger partial charge in [-0.2, -0.15) is 0 Å². The first-order valence-corrected chi connectivity index (χ1v) is 6.83. The maximum absolute atomic E-state index is 10.4. The van der Waals surface area contributed by atoms with Crippen LogP contribution in [0.15, 0.2) is 0 Å². The number of hydrogen-bond donors (Lipinski definition) is 1. The van der Waals surface area contributed by atoms with E-state index in [-0.39, 0.29) is 12.5 Å². The predicted molar refractivity (Wildman–Crippen MR) is 53.6 cm³/mol. The van der Waals surface area contributed by atoms with Gasteiger partial charge >= 0.3 is 5.97 Å². The zero-order valence-corrected chi connectivity index (χ0v) is 8.97. The monoisotopic (exact) mass is 287 g/mol. The topological polar surface area (TPSA) is 40.5 Å². The Morgan fingerprint density at radius 2 is 2.55 bits per heavy atom. The van der Waals surface area contributed by atoms with Crippen LogP contribution in [-0.2, 0) is 4.79 Å². The molecule has 3 nitrogen and oxygen atoms in total. The molecule has 11 heavy (non-hydrogen) atoms. The highest BCUT2D eigenvalue weighted by Gasteiger charge is 2.26. The van der Waals surface area contributed by atoms with Gasteiger partial charge in [0.2, 0.25) is 0 Å². The molecule has 5 heteroatoms. The SMILES string of the molecule is O=C(O)CC1CCCN1SI. The van der Waals surface area contributed by atoms with Gasteiger partial charge in [0.05, 0.1) is 6.42 Å². The molecule has 1 aliphatic heterocycles. The first-order chi connectivity index (χ1) is 5.24. The van der Waals surface area contributed by atoms with Crippen LogP contribution in [0.5, 0.6) is 0 Å². The Bertz CT molecular complexity index is 156. The van der Waals surface area contributed by atoms with Gasteiger partial charge in [0.1, 0.15) is 0 Å². The molecule has 1 N–H and O–H groups in total. The van der Waals surface area contributed by atoms with Crippen molar-refractivity contribution < 1.29 is 9.90 Å². The molecule has 0 amide bonds. The van der Waals surface area contributed by atoms with Crippen LogP contribution in [0.3, 0.4) is 0 Å². The van der Waals surface area contributed by atoms with Crippen LogP contribution in [0.4, 0.5) is 0 Å². The van der Waals surface area contributed by atoms with Crippen LogP contribution in [0.1, 0.15) is 19.3 Å². The fraction of sp³-hybridized carbons (Fsp3) is 0.833. The molecule has 0 bridgehead atoms. The molecule has 0 aliphatic carbocycles. The summed E-state index contributed by atoms with van der Waals surface area (Å²) >= 11 is 2.20. The quantitative estimate of drug-likeness (QED) is 0.636. The summed E-state index contributed by atoms with van der Waals surface area (Å²) < 4.78 is 2.15. The van der Waals surface area contributed by atoms with Crippen LogP contribution in [0, 0.1) is 0 Å². The van der Waals surface area contributed by atoms with Crippen LogP contribution in [-0.4, -0.2) is 28.0 Å². The van der Waals surface area contributed by atoms with Gasteiger partial charge in [-0.15, -0.1) is 0 Å². The third-order valence-electron chi connectivity index (χ3n) is 1.82. The summed E-state index contributed by atoms with van der Waals surface area (Å²) in [5, 5.41) is 8.55. The summed E-state index contributed by atoms with van der Waals surface area (Å²) in [6.07, 6.45) is 2.45. The van der Waals surface area contributed by atoms with Crippen molar-refractivity contribution in [3.63, 3.8) is 0 Å². The van der Waals surface area contributed by atoms with E-state index in [9.17, 15) is 4.79 Å². The summed E-state index contributed by atoms with van der Waals surface area (Å²) in [6.45, 7) is 1.03. The molecule has 0 aromatic heterocycles. The largest absolute Gasteiger partial charge is 0.481 e. The first kappa shape index (κ1) is 9.60. The van der Waals surface area contributed by atoms with Crippen molar-refractivity contribution in [2.75, 3.05) is 6.54 Å². The standard InChI is InChI=1S/C6H10INO2S/c7-11-8-3-1-2-5(8)4-6(9)10/h5H,1-4H2,(H,9,10). The highest BCUT2D eigenvalue weighted by Crippen LogP contribution is 2.30. The lowest BCUT2D eigenvalue weighted by Crippen LogP contribution is -2.24. The minimum atomic E-state index is -0.688. The molecule has 0 aromatic carbocycles. The molecule has 1 saturated heterocycles. The minimum Gasteiger partial charge on any atom is -0.481 e. The molecule has 1 fully saturated rings. The summed E-state index contributed by atoms with van der Waals surface area (Å²) in [4.78, 5) is 10.4. The molecule has 64 valence electrons. The average Bonchev–Trinajstić information content (AvgIpc) is 2.34. The number of nitrogens with zero attached hydrogens (tertiary/aromatic N) is 1. The van der Waals surface area contributed by atoms with Crippen LogP contribution in [0.25, 0.3) is 0 Å². The first-order valence-electron chi connectivity index (χ1n) is 3.51. The van der Waals surface area contributed by atoms with Crippen molar-refractivity contribution in [1.29, 1.82) is 0 Å². The molecule has 1 aliphatic rings. The summed E-state index contributed by atoms with van der Waals surface area (Å²) in [6, 6.07) is 0.259. The van der Waals surface area contributed by atoms with Crippen molar-refractivity contribution >= 4 is 36.3 Å². The van der Waals surface area contributed by atoms with E-state index in [1.165, 1.54) is 0 Å². The van der Waals surface area contributed by atoms with Crippen molar-refractivity contribution in [1.82, 2.24) is 4.31 Å². The summed E-state index contributed by atoms with van der Waals surface area (Å²) in [7, 11) is 1.62. The number of halogens is 1. The summed E-state index contributed by atoms with van der Waals surface area (Å²) in [5.41, 5.74) is 0. The second kappa shape index (κ2) is 4.51. The fourth-order valence-electron chi connectivity index (χ4n) is 1.31. The minimum absolute atomic E-state index is 0.259. The molecule has 0 aromatic rings. The van der Waals surface area contributed by atoms with Gasteiger partial charge < -0.3 is 5.11 Å². The number of hydrogen-bond acceptors (Lipinski definition) is 3. The Morgan fingerprint density at radius 1 is 1.82 bits per heavy atom. The molecule has 1 atom stereocenters. The zero-order valence-electron chi connectivity index (χ0n) is 5.99. The Morgan fingerprint density at radius 3 is 3.09 bits per heavy atom. The Labute approximate surface area is 82.2 Å². The molecule has 0 saturated carbocycles. The van der Waals surface area contributed by atoms with Crippen molar-refractivity contribution in [3.8, 4) is 0 Å². The number of carboxylic acid groups (broad SMARTS) is 1. The van der Waals surface area contributed by atoms with E-state index in [0.717, 1.165) is 19.4 Å². The average molecular weight is 287 g/mol. The lowest BCUT2D eigenvalue weighted by Gasteiger charge is -2.17. The third-order valence-corrected chi connectivity index (χ3v) is 4.00. The molecule has 1 rings (SSSR count). The molecule has 0 spiro atoms. The van der Waals surface area contributed by atoms with Gasteiger partial charge in [-0.25, -0.2) is 4.31 Å². The van der Waals surface area contributed by atoms with Gasteiger partial charge in [0, 0.05) is 33.8 Å². The maximum atomic E-state index is 10.4. The number of rotatable bonds is 3. The Kier molecular flexibility index (Phi) is 3.94. The van der Waals surface area contributed by atoms with Gasteiger partial charge in [-0.1, -0.05) is 0 Å². The Balaban J connectivity index is 2.37. The lowest BCUT2D eigenvalue weighted by molar-refractivity contribution is -0.137. The van der Waals surface area contributed by atoms with E-state index in [1.54, 1.807) is 9.12 Å². The predicted octanol–water partition coefficient (Wildman–Crippen LogP) is 1.92. The fourth-order valence-corrected chi connectivity index (χ4v) is 3.35. The Hall–Kier alpha value is 0.510. The number of carbonyl (C=O) groups is 1. The second-order valence-corrected chi connectivity index (χ2v) is 4.39. The normalized spacial score (nSPS) is 25.7.